The lowest BCUT2D eigenvalue weighted by molar-refractivity contribution is 0.0477. The predicted molar refractivity (Wildman–Crippen MR) is 55.8 cm³/mol. The fourth-order valence-electron chi connectivity index (χ4n) is 2.66. The second-order valence-corrected chi connectivity index (χ2v) is 4.29. The van der Waals surface area contributed by atoms with Gasteiger partial charge in [-0.05, 0) is 33.2 Å². The summed E-state index contributed by atoms with van der Waals surface area (Å²) >= 11 is 0. The molecule has 2 heteroatoms. The molecule has 1 aliphatic rings. The zero-order valence-corrected chi connectivity index (χ0v) is 9.50. The van der Waals surface area contributed by atoms with Gasteiger partial charge in [0.1, 0.15) is 0 Å². The van der Waals surface area contributed by atoms with Crippen LogP contribution in [0.4, 0.5) is 0 Å². The summed E-state index contributed by atoms with van der Waals surface area (Å²) in [5.41, 5.74) is 0. The van der Waals surface area contributed by atoms with Crippen LogP contribution >= 0.6 is 0 Å². The quantitative estimate of drug-likeness (QED) is 0.726. The van der Waals surface area contributed by atoms with Crippen LogP contribution in [0.3, 0.4) is 0 Å². The summed E-state index contributed by atoms with van der Waals surface area (Å²) in [5.74, 6) is 1.34. The van der Waals surface area contributed by atoms with Gasteiger partial charge in [0.25, 0.3) is 0 Å². The van der Waals surface area contributed by atoms with E-state index in [2.05, 4.69) is 40.1 Å². The summed E-state index contributed by atoms with van der Waals surface area (Å²) in [6, 6.07) is 0.606. The van der Waals surface area contributed by atoms with Crippen LogP contribution in [0.25, 0.3) is 0 Å². The molecule has 78 valence electrons. The van der Waals surface area contributed by atoms with Crippen molar-refractivity contribution in [1.29, 1.82) is 0 Å². The van der Waals surface area contributed by atoms with Crippen molar-refractivity contribution in [3.05, 3.63) is 0 Å². The summed E-state index contributed by atoms with van der Waals surface area (Å²) < 4.78 is 5.83. The average Bonchev–Trinajstić information content (AvgIpc) is 2.34. The van der Waals surface area contributed by atoms with E-state index in [0.717, 1.165) is 0 Å². The molecule has 0 aromatic carbocycles. The van der Waals surface area contributed by atoms with E-state index in [1.165, 1.54) is 6.42 Å². The maximum Gasteiger partial charge on any atom is 0.0597 e. The topological polar surface area (TPSA) is 21.3 Å². The molecule has 1 rings (SSSR count). The van der Waals surface area contributed by atoms with Gasteiger partial charge in [-0.3, -0.25) is 0 Å². The van der Waals surface area contributed by atoms with Crippen molar-refractivity contribution in [2.24, 2.45) is 11.8 Å². The van der Waals surface area contributed by atoms with Gasteiger partial charge in [-0.2, -0.15) is 0 Å². The molecule has 0 aromatic heterocycles. The standard InChI is InChI=1S/C11H23NO/c1-6-10(12-5)11-7(2)8(3)13-9(11)4/h7-12H,6H2,1-5H3. The first-order valence-electron chi connectivity index (χ1n) is 5.44. The summed E-state index contributed by atoms with van der Waals surface area (Å²) in [4.78, 5) is 0. The van der Waals surface area contributed by atoms with Gasteiger partial charge >= 0.3 is 0 Å². The third kappa shape index (κ3) is 2.05. The number of nitrogens with one attached hydrogen (secondary N) is 1. The molecule has 0 aromatic rings. The lowest BCUT2D eigenvalue weighted by atomic mass is 9.82. The minimum atomic E-state index is 0.405. The Kier molecular flexibility index (Phi) is 3.74. The van der Waals surface area contributed by atoms with Crippen LogP contribution in [0, 0.1) is 11.8 Å². The zero-order valence-electron chi connectivity index (χ0n) is 9.50. The Bertz CT molecular complexity index is 156. The Morgan fingerprint density at radius 2 is 1.85 bits per heavy atom. The van der Waals surface area contributed by atoms with E-state index in [4.69, 9.17) is 4.74 Å². The molecule has 0 amide bonds. The van der Waals surface area contributed by atoms with Crippen molar-refractivity contribution in [3.63, 3.8) is 0 Å². The lowest BCUT2D eigenvalue weighted by Crippen LogP contribution is -2.39. The molecule has 1 fully saturated rings. The van der Waals surface area contributed by atoms with Crippen LogP contribution in [-0.4, -0.2) is 25.3 Å². The lowest BCUT2D eigenvalue weighted by Gasteiger charge is -2.27. The van der Waals surface area contributed by atoms with Crippen LogP contribution in [0.15, 0.2) is 0 Å². The van der Waals surface area contributed by atoms with E-state index in [1.54, 1.807) is 0 Å². The molecule has 5 unspecified atom stereocenters. The molecule has 1 heterocycles. The molecule has 2 nitrogen and oxygen atoms in total. The monoisotopic (exact) mass is 185 g/mol. The zero-order chi connectivity index (χ0) is 10.0. The van der Waals surface area contributed by atoms with E-state index >= 15 is 0 Å². The van der Waals surface area contributed by atoms with Gasteiger partial charge < -0.3 is 10.1 Å². The maximum atomic E-state index is 5.83. The molecular formula is C11H23NO. The Morgan fingerprint density at radius 1 is 1.23 bits per heavy atom. The minimum Gasteiger partial charge on any atom is -0.375 e. The van der Waals surface area contributed by atoms with Crippen molar-refractivity contribution < 1.29 is 4.74 Å². The first kappa shape index (κ1) is 11.0. The molecule has 1 N–H and O–H groups in total. The Morgan fingerprint density at radius 3 is 2.15 bits per heavy atom. The van der Waals surface area contributed by atoms with Crippen molar-refractivity contribution in [1.82, 2.24) is 5.32 Å². The predicted octanol–water partition coefficient (Wildman–Crippen LogP) is 2.04. The van der Waals surface area contributed by atoms with Crippen molar-refractivity contribution >= 4 is 0 Å². The van der Waals surface area contributed by atoms with Crippen molar-refractivity contribution in [2.75, 3.05) is 7.05 Å². The minimum absolute atomic E-state index is 0.405. The number of hydrogen-bond donors (Lipinski definition) is 1. The summed E-state index contributed by atoms with van der Waals surface area (Å²) in [6.07, 6.45) is 2.01. The fourth-order valence-corrected chi connectivity index (χ4v) is 2.66. The molecule has 1 aliphatic heterocycles. The molecular weight excluding hydrogens is 162 g/mol. The summed E-state index contributed by atoms with van der Waals surface area (Å²) in [5, 5.41) is 3.40. The second-order valence-electron chi connectivity index (χ2n) is 4.29. The van der Waals surface area contributed by atoms with Gasteiger partial charge in [0, 0.05) is 12.0 Å². The molecule has 0 radical (unpaired) electrons. The van der Waals surface area contributed by atoms with Crippen LogP contribution < -0.4 is 5.32 Å². The van der Waals surface area contributed by atoms with Gasteiger partial charge in [-0.15, -0.1) is 0 Å². The normalized spacial score (nSPS) is 42.2. The molecule has 0 aliphatic carbocycles. The number of hydrogen-bond acceptors (Lipinski definition) is 2. The van der Waals surface area contributed by atoms with Crippen molar-refractivity contribution in [2.45, 2.75) is 52.4 Å². The van der Waals surface area contributed by atoms with Crippen LogP contribution in [0.1, 0.15) is 34.1 Å². The van der Waals surface area contributed by atoms with E-state index in [9.17, 15) is 0 Å². The SMILES string of the molecule is CCC(NC)C1C(C)OC(C)C1C. The van der Waals surface area contributed by atoms with Gasteiger partial charge in [0.2, 0.25) is 0 Å². The maximum absolute atomic E-state index is 5.83. The van der Waals surface area contributed by atoms with Gasteiger partial charge in [0.05, 0.1) is 12.2 Å². The number of ether oxygens (including phenoxy) is 1. The molecule has 13 heavy (non-hydrogen) atoms. The number of rotatable bonds is 3. The van der Waals surface area contributed by atoms with E-state index < -0.39 is 0 Å². The Hall–Kier alpha value is -0.0800. The van der Waals surface area contributed by atoms with Crippen LogP contribution in [0.2, 0.25) is 0 Å². The third-order valence-corrected chi connectivity index (χ3v) is 3.59. The third-order valence-electron chi connectivity index (χ3n) is 3.59. The molecule has 1 saturated heterocycles. The van der Waals surface area contributed by atoms with Gasteiger partial charge in [-0.1, -0.05) is 13.8 Å². The van der Waals surface area contributed by atoms with E-state index in [1.807, 2.05) is 0 Å². The smallest absolute Gasteiger partial charge is 0.0597 e. The highest BCUT2D eigenvalue weighted by atomic mass is 16.5. The Balaban J connectivity index is 2.66. The largest absolute Gasteiger partial charge is 0.375 e. The summed E-state index contributed by atoms with van der Waals surface area (Å²) in [7, 11) is 2.05. The average molecular weight is 185 g/mol. The van der Waals surface area contributed by atoms with E-state index in [-0.39, 0.29) is 0 Å². The highest BCUT2D eigenvalue weighted by molar-refractivity contribution is 4.90. The van der Waals surface area contributed by atoms with Gasteiger partial charge in [0.15, 0.2) is 0 Å². The van der Waals surface area contributed by atoms with Crippen LogP contribution in [0.5, 0.6) is 0 Å². The molecule has 5 atom stereocenters. The highest BCUT2D eigenvalue weighted by Crippen LogP contribution is 2.35. The fraction of sp³-hybridized carbons (Fsp3) is 1.00. The van der Waals surface area contributed by atoms with E-state index in [0.29, 0.717) is 30.1 Å². The second kappa shape index (κ2) is 4.43. The summed E-state index contributed by atoms with van der Waals surface area (Å²) in [6.45, 7) is 8.93. The Labute approximate surface area is 82.0 Å². The van der Waals surface area contributed by atoms with Crippen LogP contribution in [-0.2, 0) is 4.74 Å². The molecule has 0 spiro atoms. The molecule has 0 saturated carbocycles. The molecule has 0 bridgehead atoms. The first-order valence-corrected chi connectivity index (χ1v) is 5.44. The first-order chi connectivity index (χ1) is 6.11. The highest BCUT2D eigenvalue weighted by Gasteiger charge is 2.40. The van der Waals surface area contributed by atoms with Gasteiger partial charge in [-0.25, -0.2) is 0 Å². The van der Waals surface area contributed by atoms with Crippen molar-refractivity contribution in [3.8, 4) is 0 Å².